The minimum absolute atomic E-state index is 0.218. The number of rotatable bonds is 12. The van der Waals surface area contributed by atoms with Gasteiger partial charge < -0.3 is 50.5 Å². The van der Waals surface area contributed by atoms with E-state index in [1.807, 2.05) is 48.5 Å². The molecule has 54 heavy (non-hydrogen) atoms. The number of aromatic amines is 2. The van der Waals surface area contributed by atoms with E-state index in [2.05, 4.69) is 30.0 Å². The highest BCUT2D eigenvalue weighted by Crippen LogP contribution is 2.35. The highest BCUT2D eigenvalue weighted by atomic mass is 16.6. The quantitative estimate of drug-likeness (QED) is 0.123. The van der Waals surface area contributed by atoms with Gasteiger partial charge in [-0.1, -0.05) is 55.5 Å². The summed E-state index contributed by atoms with van der Waals surface area (Å²) in [5.41, 5.74) is 10.6. The first kappa shape index (κ1) is 38.0. The largest absolute Gasteiger partial charge is 0.453 e. The third kappa shape index (κ3) is 8.09. The molecule has 286 valence electrons. The number of nitrogens with one attached hydrogen (secondary N) is 3. The summed E-state index contributed by atoms with van der Waals surface area (Å²) >= 11 is 0. The van der Waals surface area contributed by atoms with E-state index in [-0.39, 0.29) is 18.5 Å². The van der Waals surface area contributed by atoms with Crippen molar-refractivity contribution in [2.75, 3.05) is 20.2 Å². The number of carbonyl (C=O) groups excluding carboxylic acids is 4. The summed E-state index contributed by atoms with van der Waals surface area (Å²) in [5.74, 6) is 0.330. The second kappa shape index (κ2) is 16.5. The van der Waals surface area contributed by atoms with Crippen molar-refractivity contribution in [1.82, 2.24) is 35.1 Å². The third-order valence-electron chi connectivity index (χ3n) is 10.1. The Kier molecular flexibility index (Phi) is 11.6. The first-order valence-corrected chi connectivity index (χ1v) is 18.1. The van der Waals surface area contributed by atoms with Gasteiger partial charge in [0.25, 0.3) is 5.91 Å². The van der Waals surface area contributed by atoms with Gasteiger partial charge in [0.1, 0.15) is 17.7 Å². The minimum Gasteiger partial charge on any atom is -0.453 e. The van der Waals surface area contributed by atoms with Crippen LogP contribution in [0.2, 0.25) is 0 Å². The molecule has 1 unspecified atom stereocenters. The van der Waals surface area contributed by atoms with Crippen molar-refractivity contribution in [1.29, 1.82) is 0 Å². The summed E-state index contributed by atoms with van der Waals surface area (Å²) in [4.78, 5) is 69.0. The Balaban J connectivity index is 1.11. The maximum atomic E-state index is 13.4. The van der Waals surface area contributed by atoms with Crippen molar-refractivity contribution >= 4 is 24.0 Å². The van der Waals surface area contributed by atoms with Crippen molar-refractivity contribution in [3.8, 4) is 33.6 Å². The second-order valence-corrected chi connectivity index (χ2v) is 13.6. The van der Waals surface area contributed by atoms with Crippen LogP contribution in [0.25, 0.3) is 33.6 Å². The maximum absolute atomic E-state index is 13.4. The average Bonchev–Trinajstić information content (AvgIpc) is 4.02. The summed E-state index contributed by atoms with van der Waals surface area (Å²) in [6.07, 6.45) is 0.949. The van der Waals surface area contributed by atoms with Gasteiger partial charge in [-0.25, -0.2) is 19.6 Å². The smallest absolute Gasteiger partial charge is 0.407 e. The molecule has 2 aromatic carbocycles. The summed E-state index contributed by atoms with van der Waals surface area (Å²) in [5, 5.41) is 23.0. The SMILES string of the molecule is CC[C@@H](O)[C@H](OC(N)=O)C(=O)N1CCC[C@H]1c1ncc(-c2ccc(-c3ccc(-c4cnc(C5CCCN5C(=O)[C@@H](NC(=O)OC)[C@@H](C)O)[nH]4)cc3)cc2)[nH]1. The number of primary amides is 1. The fourth-order valence-electron chi connectivity index (χ4n) is 7.17. The average molecular weight is 743 g/mol. The summed E-state index contributed by atoms with van der Waals surface area (Å²) in [6.45, 7) is 4.05. The Morgan fingerprint density at radius 2 is 1.30 bits per heavy atom. The number of H-pyrrole nitrogens is 2. The van der Waals surface area contributed by atoms with Crippen molar-refractivity contribution in [3.63, 3.8) is 0 Å². The lowest BCUT2D eigenvalue weighted by atomic mass is 10.0. The number of nitrogens with zero attached hydrogens (tertiary/aromatic N) is 4. The predicted molar refractivity (Wildman–Crippen MR) is 196 cm³/mol. The normalized spacial score (nSPS) is 19.2. The first-order valence-electron chi connectivity index (χ1n) is 18.1. The molecule has 4 aromatic rings. The molecule has 16 heteroatoms. The van der Waals surface area contributed by atoms with E-state index in [1.165, 1.54) is 14.0 Å². The number of alkyl carbamates (subject to hydrolysis) is 1. The van der Waals surface area contributed by atoms with E-state index in [4.69, 9.17) is 10.5 Å². The zero-order valence-corrected chi connectivity index (χ0v) is 30.4. The van der Waals surface area contributed by atoms with E-state index in [0.29, 0.717) is 37.6 Å². The number of likely N-dealkylation sites (tertiary alicyclic amines) is 2. The molecule has 0 aliphatic carbocycles. The number of nitrogens with two attached hydrogens (primary N) is 1. The molecule has 0 bridgehead atoms. The first-order chi connectivity index (χ1) is 26.0. The van der Waals surface area contributed by atoms with Gasteiger partial charge in [-0.15, -0.1) is 0 Å². The lowest BCUT2D eigenvalue weighted by Gasteiger charge is -2.29. The summed E-state index contributed by atoms with van der Waals surface area (Å²) in [7, 11) is 1.20. The Hall–Kier alpha value is -5.74. The molecule has 16 nitrogen and oxygen atoms in total. The van der Waals surface area contributed by atoms with Gasteiger partial charge in [0.2, 0.25) is 12.0 Å². The van der Waals surface area contributed by atoms with Crippen LogP contribution < -0.4 is 11.1 Å². The zero-order valence-electron chi connectivity index (χ0n) is 30.4. The molecule has 6 rings (SSSR count). The molecule has 4 heterocycles. The van der Waals surface area contributed by atoms with Crippen LogP contribution in [-0.2, 0) is 19.1 Å². The van der Waals surface area contributed by atoms with Gasteiger partial charge in [0.05, 0.1) is 55.2 Å². The molecular formula is C38H46N8O8. The fraction of sp³-hybridized carbons (Fsp3) is 0.421. The van der Waals surface area contributed by atoms with Crippen LogP contribution in [0.1, 0.15) is 69.7 Å². The standard InChI is InChI=1S/C38H46N8O8/c1-4-30(48)32(54-37(39)51)36(50)46-18-6-8-29(46)34-41-20-27(43-34)25-15-11-23(12-16-25)22-9-13-24(14-10-22)26-19-40-33(42-26)28-7-5-17-45(28)35(49)31(21(2)47)44-38(52)53-3/h9-16,19-21,28-32,47-48H,4-8,17-18H2,1-3H3,(H2,39,51)(H,40,42)(H,41,43)(H,44,52)/t21-,28?,29+,30-,31+,32+/m1/s1. The molecule has 2 fully saturated rings. The van der Waals surface area contributed by atoms with Crippen LogP contribution in [0.3, 0.4) is 0 Å². The van der Waals surface area contributed by atoms with Gasteiger partial charge >= 0.3 is 12.2 Å². The third-order valence-corrected chi connectivity index (χ3v) is 10.1. The van der Waals surface area contributed by atoms with E-state index in [9.17, 15) is 29.4 Å². The molecule has 6 atom stereocenters. The van der Waals surface area contributed by atoms with Crippen LogP contribution in [0.15, 0.2) is 60.9 Å². The topological polar surface area (TPSA) is 229 Å². The number of benzene rings is 2. The number of carbonyl (C=O) groups is 4. The van der Waals surface area contributed by atoms with Crippen molar-refractivity contribution in [2.45, 2.75) is 82.4 Å². The number of aliphatic hydroxyl groups is 2. The van der Waals surface area contributed by atoms with Crippen LogP contribution in [0, 0.1) is 0 Å². The second-order valence-electron chi connectivity index (χ2n) is 13.6. The van der Waals surface area contributed by atoms with Gasteiger partial charge in [0, 0.05) is 13.1 Å². The van der Waals surface area contributed by atoms with Gasteiger partial charge in [0.15, 0.2) is 0 Å². The number of aromatic nitrogens is 4. The summed E-state index contributed by atoms with van der Waals surface area (Å²) < 4.78 is 9.63. The van der Waals surface area contributed by atoms with Crippen molar-refractivity contribution < 1.29 is 38.9 Å². The molecule has 2 saturated heterocycles. The number of amides is 4. The molecule has 2 aliphatic heterocycles. The predicted octanol–water partition coefficient (Wildman–Crippen LogP) is 3.80. The highest BCUT2D eigenvalue weighted by Gasteiger charge is 2.40. The number of hydrogen-bond donors (Lipinski definition) is 6. The van der Waals surface area contributed by atoms with Gasteiger partial charge in [-0.05, 0) is 61.3 Å². The van der Waals surface area contributed by atoms with E-state index >= 15 is 0 Å². The van der Waals surface area contributed by atoms with Gasteiger partial charge in [-0.2, -0.15) is 0 Å². The lowest BCUT2D eigenvalue weighted by Crippen LogP contribution is -2.53. The number of imidazole rings is 2. The van der Waals surface area contributed by atoms with Crippen LogP contribution in [0.4, 0.5) is 9.59 Å². The molecule has 4 amide bonds. The number of aliphatic hydroxyl groups excluding tert-OH is 2. The number of ether oxygens (including phenoxy) is 2. The van der Waals surface area contributed by atoms with Crippen LogP contribution in [0.5, 0.6) is 0 Å². The Labute approximate surface area is 312 Å². The number of hydrogen-bond acceptors (Lipinski definition) is 10. The van der Waals surface area contributed by atoms with Crippen LogP contribution in [-0.4, -0.2) is 109 Å². The van der Waals surface area contributed by atoms with E-state index < -0.39 is 48.4 Å². The minimum atomic E-state index is -1.38. The van der Waals surface area contributed by atoms with Crippen molar-refractivity contribution in [3.05, 3.63) is 72.6 Å². The molecule has 0 spiro atoms. The maximum Gasteiger partial charge on any atom is 0.407 e. The number of methoxy groups -OCH3 is 1. The van der Waals surface area contributed by atoms with E-state index in [0.717, 1.165) is 46.5 Å². The summed E-state index contributed by atoms with van der Waals surface area (Å²) in [6, 6.07) is 14.2. The van der Waals surface area contributed by atoms with E-state index in [1.54, 1.807) is 29.1 Å². The molecule has 0 radical (unpaired) electrons. The lowest BCUT2D eigenvalue weighted by molar-refractivity contribution is -0.147. The molecule has 0 saturated carbocycles. The van der Waals surface area contributed by atoms with Gasteiger partial charge in [-0.3, -0.25) is 9.59 Å². The Morgan fingerprint density at radius 1 is 0.833 bits per heavy atom. The molecular weight excluding hydrogens is 696 g/mol. The molecule has 7 N–H and O–H groups in total. The zero-order chi connectivity index (χ0) is 38.5. The molecule has 2 aromatic heterocycles. The monoisotopic (exact) mass is 742 g/mol. The fourth-order valence-corrected chi connectivity index (χ4v) is 7.17. The molecule has 2 aliphatic rings. The van der Waals surface area contributed by atoms with Crippen LogP contribution >= 0.6 is 0 Å². The van der Waals surface area contributed by atoms with Crippen molar-refractivity contribution in [2.24, 2.45) is 5.73 Å². The highest BCUT2D eigenvalue weighted by molar-refractivity contribution is 5.87. The Morgan fingerprint density at radius 3 is 1.72 bits per heavy atom. The Bertz CT molecular complexity index is 1940.